The number of pyridine rings is 1. The Morgan fingerprint density at radius 2 is 2.36 bits per heavy atom. The summed E-state index contributed by atoms with van der Waals surface area (Å²) >= 11 is 0. The van der Waals surface area contributed by atoms with Gasteiger partial charge < -0.3 is 4.74 Å². The van der Waals surface area contributed by atoms with E-state index in [0.29, 0.717) is 6.61 Å². The molecule has 0 aromatic carbocycles. The fourth-order valence-electron chi connectivity index (χ4n) is 1.12. The number of ether oxygens (including phenoxy) is 1. The van der Waals surface area contributed by atoms with E-state index in [9.17, 15) is 0 Å². The van der Waals surface area contributed by atoms with Crippen molar-refractivity contribution in [2.75, 3.05) is 0 Å². The number of rotatable bonds is 3. The third kappa shape index (κ3) is 2.10. The Morgan fingerprint density at radius 3 is 3.00 bits per heavy atom. The van der Waals surface area contributed by atoms with Gasteiger partial charge in [0.25, 0.3) is 0 Å². The molecule has 2 aromatic rings. The zero-order valence-corrected chi connectivity index (χ0v) is 7.92. The van der Waals surface area contributed by atoms with Gasteiger partial charge in [-0.15, -0.1) is 0 Å². The van der Waals surface area contributed by atoms with Crippen LogP contribution in [0.15, 0.2) is 36.9 Å². The van der Waals surface area contributed by atoms with E-state index in [1.807, 2.05) is 25.4 Å². The maximum Gasteiger partial charge on any atom is 0.157 e. The molecule has 2 aromatic heterocycles. The molecular weight excluding hydrogens is 178 g/mol. The van der Waals surface area contributed by atoms with Crippen LogP contribution >= 0.6 is 0 Å². The third-order valence-corrected chi connectivity index (χ3v) is 1.81. The summed E-state index contributed by atoms with van der Waals surface area (Å²) in [6.45, 7) is 0.527. The maximum atomic E-state index is 5.49. The summed E-state index contributed by atoms with van der Waals surface area (Å²) in [5.74, 6) is 0.774. The van der Waals surface area contributed by atoms with Gasteiger partial charge in [-0.3, -0.25) is 9.67 Å². The summed E-state index contributed by atoms with van der Waals surface area (Å²) in [7, 11) is 1.86. The summed E-state index contributed by atoms with van der Waals surface area (Å²) < 4.78 is 7.20. The van der Waals surface area contributed by atoms with Crippen LogP contribution in [0.25, 0.3) is 0 Å². The topological polar surface area (TPSA) is 39.9 Å². The van der Waals surface area contributed by atoms with Gasteiger partial charge in [0, 0.05) is 25.0 Å². The van der Waals surface area contributed by atoms with Gasteiger partial charge in [-0.2, -0.15) is 5.10 Å². The van der Waals surface area contributed by atoms with Gasteiger partial charge in [-0.05, 0) is 6.07 Å². The van der Waals surface area contributed by atoms with Crippen LogP contribution in [0.1, 0.15) is 5.56 Å². The predicted molar refractivity (Wildman–Crippen MR) is 51.8 cm³/mol. The van der Waals surface area contributed by atoms with Crippen molar-refractivity contribution in [1.29, 1.82) is 0 Å². The SMILES string of the molecule is Cn1cc(OCc2cccnc2)cn1. The van der Waals surface area contributed by atoms with Crippen molar-refractivity contribution in [3.05, 3.63) is 42.5 Å². The molecule has 4 nitrogen and oxygen atoms in total. The number of hydrogen-bond donors (Lipinski definition) is 0. The van der Waals surface area contributed by atoms with Crippen LogP contribution in [-0.2, 0) is 13.7 Å². The van der Waals surface area contributed by atoms with Crippen molar-refractivity contribution in [1.82, 2.24) is 14.8 Å². The largest absolute Gasteiger partial charge is 0.486 e. The van der Waals surface area contributed by atoms with Crippen LogP contribution < -0.4 is 4.74 Å². The molecule has 14 heavy (non-hydrogen) atoms. The first kappa shape index (κ1) is 8.74. The first-order chi connectivity index (χ1) is 6.84. The van der Waals surface area contributed by atoms with Gasteiger partial charge in [0.2, 0.25) is 0 Å². The van der Waals surface area contributed by atoms with Crippen LogP contribution in [0, 0.1) is 0 Å². The molecule has 4 heteroatoms. The van der Waals surface area contributed by atoms with Crippen molar-refractivity contribution < 1.29 is 4.74 Å². The molecule has 2 heterocycles. The smallest absolute Gasteiger partial charge is 0.157 e. The molecule has 72 valence electrons. The average Bonchev–Trinajstić information content (AvgIpc) is 2.63. The predicted octanol–water partition coefficient (Wildman–Crippen LogP) is 1.39. The minimum Gasteiger partial charge on any atom is -0.486 e. The number of aromatic nitrogens is 3. The number of aryl methyl sites for hydroxylation is 1. The highest BCUT2D eigenvalue weighted by molar-refractivity contribution is 5.13. The molecule has 0 atom stereocenters. The van der Waals surface area contributed by atoms with E-state index in [0.717, 1.165) is 11.3 Å². The Labute approximate surface area is 82.2 Å². The molecule has 0 unspecified atom stereocenters. The lowest BCUT2D eigenvalue weighted by atomic mass is 10.3. The molecule has 0 aliphatic carbocycles. The van der Waals surface area contributed by atoms with E-state index in [2.05, 4.69) is 10.1 Å². The number of nitrogens with zero attached hydrogens (tertiary/aromatic N) is 3. The van der Waals surface area contributed by atoms with E-state index < -0.39 is 0 Å². The Morgan fingerprint density at radius 1 is 1.43 bits per heavy atom. The quantitative estimate of drug-likeness (QED) is 0.732. The highest BCUT2D eigenvalue weighted by atomic mass is 16.5. The summed E-state index contributed by atoms with van der Waals surface area (Å²) in [6, 6.07) is 3.87. The van der Waals surface area contributed by atoms with Gasteiger partial charge in [0.15, 0.2) is 5.75 Å². The Balaban J connectivity index is 1.95. The molecule has 0 amide bonds. The molecule has 0 spiro atoms. The second kappa shape index (κ2) is 3.91. The van der Waals surface area contributed by atoms with Crippen molar-refractivity contribution in [2.24, 2.45) is 7.05 Å². The lowest BCUT2D eigenvalue weighted by Gasteiger charge is -2.01. The standard InChI is InChI=1S/C10H11N3O/c1-13-7-10(6-12-13)14-8-9-3-2-4-11-5-9/h2-7H,8H2,1H3. The molecule has 0 bridgehead atoms. The van der Waals surface area contributed by atoms with E-state index in [1.54, 1.807) is 23.3 Å². The monoisotopic (exact) mass is 189 g/mol. The van der Waals surface area contributed by atoms with E-state index >= 15 is 0 Å². The molecule has 0 aliphatic heterocycles. The van der Waals surface area contributed by atoms with Gasteiger partial charge in [0.05, 0.1) is 12.4 Å². The fraction of sp³-hybridized carbons (Fsp3) is 0.200. The van der Waals surface area contributed by atoms with E-state index in [1.165, 1.54) is 0 Å². The lowest BCUT2D eigenvalue weighted by molar-refractivity contribution is 0.305. The number of hydrogen-bond acceptors (Lipinski definition) is 3. The van der Waals surface area contributed by atoms with Gasteiger partial charge in [0.1, 0.15) is 6.61 Å². The van der Waals surface area contributed by atoms with Crippen molar-refractivity contribution in [3.8, 4) is 5.75 Å². The van der Waals surface area contributed by atoms with Crippen LogP contribution in [0.4, 0.5) is 0 Å². The summed E-state index contributed by atoms with van der Waals surface area (Å²) in [6.07, 6.45) is 7.05. The summed E-state index contributed by atoms with van der Waals surface area (Å²) in [5, 5.41) is 4.00. The minimum atomic E-state index is 0.527. The second-order valence-corrected chi connectivity index (χ2v) is 3.00. The average molecular weight is 189 g/mol. The second-order valence-electron chi connectivity index (χ2n) is 3.00. The molecule has 0 N–H and O–H groups in total. The lowest BCUT2D eigenvalue weighted by Crippen LogP contribution is -1.94. The van der Waals surface area contributed by atoms with Crippen LogP contribution in [0.3, 0.4) is 0 Å². The molecule has 0 aliphatic rings. The van der Waals surface area contributed by atoms with E-state index in [-0.39, 0.29) is 0 Å². The van der Waals surface area contributed by atoms with Gasteiger partial charge in [-0.1, -0.05) is 6.07 Å². The molecule has 0 saturated carbocycles. The maximum absolute atomic E-state index is 5.49. The van der Waals surface area contributed by atoms with Crippen molar-refractivity contribution in [3.63, 3.8) is 0 Å². The van der Waals surface area contributed by atoms with Crippen molar-refractivity contribution >= 4 is 0 Å². The highest BCUT2D eigenvalue weighted by Crippen LogP contribution is 2.09. The molecule has 0 radical (unpaired) electrons. The normalized spacial score (nSPS) is 10.1. The molecule has 0 saturated heterocycles. The Bertz CT molecular complexity index is 397. The van der Waals surface area contributed by atoms with Crippen LogP contribution in [0.5, 0.6) is 5.75 Å². The third-order valence-electron chi connectivity index (χ3n) is 1.81. The molecular formula is C10H11N3O. The Kier molecular flexibility index (Phi) is 2.44. The Hall–Kier alpha value is -1.84. The van der Waals surface area contributed by atoms with Crippen LogP contribution in [0.2, 0.25) is 0 Å². The zero-order chi connectivity index (χ0) is 9.80. The first-order valence-corrected chi connectivity index (χ1v) is 4.35. The molecule has 0 fully saturated rings. The first-order valence-electron chi connectivity index (χ1n) is 4.35. The van der Waals surface area contributed by atoms with Gasteiger partial charge in [-0.25, -0.2) is 0 Å². The highest BCUT2D eigenvalue weighted by Gasteiger charge is 1.97. The van der Waals surface area contributed by atoms with Gasteiger partial charge >= 0.3 is 0 Å². The fourth-order valence-corrected chi connectivity index (χ4v) is 1.12. The summed E-state index contributed by atoms with van der Waals surface area (Å²) in [5.41, 5.74) is 1.05. The minimum absolute atomic E-state index is 0.527. The van der Waals surface area contributed by atoms with Crippen LogP contribution in [-0.4, -0.2) is 14.8 Å². The zero-order valence-electron chi connectivity index (χ0n) is 7.92. The van der Waals surface area contributed by atoms with Crippen molar-refractivity contribution in [2.45, 2.75) is 6.61 Å². The summed E-state index contributed by atoms with van der Waals surface area (Å²) in [4.78, 5) is 4.00. The molecule has 2 rings (SSSR count). The van der Waals surface area contributed by atoms with E-state index in [4.69, 9.17) is 4.74 Å².